The Bertz CT molecular complexity index is 704. The molecule has 1 aromatic rings. The third kappa shape index (κ3) is 5.93. The Kier molecular flexibility index (Phi) is 6.80. The van der Waals surface area contributed by atoms with E-state index in [1.165, 1.54) is 5.56 Å². The van der Waals surface area contributed by atoms with Crippen LogP contribution in [0, 0.1) is 0 Å². The van der Waals surface area contributed by atoms with Gasteiger partial charge in [-0.3, -0.25) is 9.69 Å². The predicted molar refractivity (Wildman–Crippen MR) is 110 cm³/mol. The van der Waals surface area contributed by atoms with Crippen LogP contribution in [-0.2, 0) is 20.8 Å². The quantitative estimate of drug-likeness (QED) is 0.772. The first-order chi connectivity index (χ1) is 13.7. The van der Waals surface area contributed by atoms with Gasteiger partial charge in [0.05, 0.1) is 6.61 Å². The van der Waals surface area contributed by atoms with Gasteiger partial charge in [-0.1, -0.05) is 30.3 Å². The Morgan fingerprint density at radius 3 is 2.59 bits per heavy atom. The smallest absolute Gasteiger partial charge is 0.410 e. The van der Waals surface area contributed by atoms with Crippen LogP contribution in [0.2, 0.25) is 0 Å². The van der Waals surface area contributed by atoms with E-state index in [4.69, 9.17) is 9.47 Å². The van der Waals surface area contributed by atoms with Crippen LogP contribution >= 0.6 is 0 Å². The SMILES string of the molecule is C[C@@H]1CN(Cc2ccccc2)[C@@H](CN2CCOCC2=O)CN1C(=O)OC(C)(C)C. The molecule has 2 fully saturated rings. The molecule has 0 radical (unpaired) electrons. The number of carbonyl (C=O) groups excluding carboxylic acids is 2. The summed E-state index contributed by atoms with van der Waals surface area (Å²) in [5, 5.41) is 0. The van der Waals surface area contributed by atoms with Crippen molar-refractivity contribution in [1.29, 1.82) is 0 Å². The monoisotopic (exact) mass is 403 g/mol. The first kappa shape index (κ1) is 21.6. The highest BCUT2D eigenvalue weighted by Crippen LogP contribution is 2.22. The normalized spacial score (nSPS) is 23.9. The van der Waals surface area contributed by atoms with Crippen molar-refractivity contribution in [3.63, 3.8) is 0 Å². The van der Waals surface area contributed by atoms with Crippen LogP contribution in [0.5, 0.6) is 0 Å². The summed E-state index contributed by atoms with van der Waals surface area (Å²) in [4.78, 5) is 31.1. The molecule has 0 aromatic heterocycles. The number of morpholine rings is 1. The lowest BCUT2D eigenvalue weighted by molar-refractivity contribution is -0.144. The zero-order chi connectivity index (χ0) is 21.0. The number of carbonyl (C=O) groups is 2. The predicted octanol–water partition coefficient (Wildman–Crippen LogP) is 2.36. The molecule has 29 heavy (non-hydrogen) atoms. The van der Waals surface area contributed by atoms with Gasteiger partial charge >= 0.3 is 6.09 Å². The van der Waals surface area contributed by atoms with E-state index in [2.05, 4.69) is 24.0 Å². The summed E-state index contributed by atoms with van der Waals surface area (Å²) in [7, 11) is 0. The van der Waals surface area contributed by atoms with Crippen LogP contribution in [0.1, 0.15) is 33.3 Å². The standard InChI is InChI=1S/C22H33N3O4/c1-17-12-24(13-18-8-6-5-7-9-18)19(14-23-10-11-28-16-20(23)26)15-25(17)21(27)29-22(2,3)4/h5-9,17,19H,10-16H2,1-4H3/t17-,19+/m1/s1. The first-order valence-corrected chi connectivity index (χ1v) is 10.4. The van der Waals surface area contributed by atoms with E-state index in [1.807, 2.05) is 48.8 Å². The highest BCUT2D eigenvalue weighted by atomic mass is 16.6. The number of nitrogens with zero attached hydrogens (tertiary/aromatic N) is 3. The molecular weight excluding hydrogens is 370 g/mol. The molecule has 0 N–H and O–H groups in total. The second kappa shape index (κ2) is 9.13. The maximum absolute atomic E-state index is 12.8. The highest BCUT2D eigenvalue weighted by Gasteiger charge is 2.37. The topological polar surface area (TPSA) is 62.3 Å². The molecule has 7 nitrogen and oxygen atoms in total. The van der Waals surface area contributed by atoms with E-state index in [0.29, 0.717) is 26.2 Å². The zero-order valence-corrected chi connectivity index (χ0v) is 18.0. The van der Waals surface area contributed by atoms with Gasteiger partial charge in [0.2, 0.25) is 5.91 Å². The molecule has 0 saturated carbocycles. The summed E-state index contributed by atoms with van der Waals surface area (Å²) in [5.41, 5.74) is 0.692. The number of ether oxygens (including phenoxy) is 2. The Morgan fingerprint density at radius 2 is 1.93 bits per heavy atom. The van der Waals surface area contributed by atoms with Gasteiger partial charge in [0.25, 0.3) is 0 Å². The van der Waals surface area contributed by atoms with Crippen molar-refractivity contribution in [1.82, 2.24) is 14.7 Å². The van der Waals surface area contributed by atoms with Crippen LogP contribution in [0.15, 0.2) is 30.3 Å². The second-order valence-corrected chi connectivity index (χ2v) is 8.94. The van der Waals surface area contributed by atoms with E-state index >= 15 is 0 Å². The third-order valence-electron chi connectivity index (χ3n) is 5.33. The fourth-order valence-corrected chi connectivity index (χ4v) is 3.87. The van der Waals surface area contributed by atoms with Gasteiger partial charge in [-0.15, -0.1) is 0 Å². The lowest BCUT2D eigenvalue weighted by Crippen LogP contribution is -2.62. The van der Waals surface area contributed by atoms with Crippen LogP contribution in [0.4, 0.5) is 4.79 Å². The molecule has 0 aliphatic carbocycles. The minimum Gasteiger partial charge on any atom is -0.444 e. The van der Waals surface area contributed by atoms with E-state index < -0.39 is 5.60 Å². The molecule has 160 valence electrons. The van der Waals surface area contributed by atoms with Crippen LogP contribution in [0.3, 0.4) is 0 Å². The molecule has 7 heteroatoms. The van der Waals surface area contributed by atoms with Crippen molar-refractivity contribution in [3.8, 4) is 0 Å². The molecule has 1 aromatic carbocycles. The Labute approximate surface area is 173 Å². The molecule has 2 amide bonds. The molecule has 3 rings (SSSR count). The van der Waals surface area contributed by atoms with Gasteiger partial charge < -0.3 is 19.3 Å². The second-order valence-electron chi connectivity index (χ2n) is 8.94. The molecule has 2 atom stereocenters. The number of amides is 2. The van der Waals surface area contributed by atoms with E-state index in [0.717, 1.165) is 13.1 Å². The van der Waals surface area contributed by atoms with Crippen molar-refractivity contribution >= 4 is 12.0 Å². The van der Waals surface area contributed by atoms with Crippen molar-refractivity contribution in [2.75, 3.05) is 39.4 Å². The van der Waals surface area contributed by atoms with Crippen molar-refractivity contribution in [2.45, 2.75) is 51.9 Å². The van der Waals surface area contributed by atoms with Gasteiger partial charge in [-0.25, -0.2) is 4.79 Å². The lowest BCUT2D eigenvalue weighted by Gasteiger charge is -2.47. The summed E-state index contributed by atoms with van der Waals surface area (Å²) in [6.45, 7) is 11.6. The number of rotatable bonds is 4. The summed E-state index contributed by atoms with van der Waals surface area (Å²) < 4.78 is 10.9. The molecule has 0 unspecified atom stereocenters. The minimum atomic E-state index is -0.534. The minimum absolute atomic E-state index is 0.0124. The van der Waals surface area contributed by atoms with Crippen LogP contribution < -0.4 is 0 Å². The first-order valence-electron chi connectivity index (χ1n) is 10.4. The summed E-state index contributed by atoms with van der Waals surface area (Å²) in [5.74, 6) is 0.0124. The highest BCUT2D eigenvalue weighted by molar-refractivity contribution is 5.78. The zero-order valence-electron chi connectivity index (χ0n) is 18.0. The largest absolute Gasteiger partial charge is 0.444 e. The summed E-state index contributed by atoms with van der Waals surface area (Å²) in [6, 6.07) is 10.4. The van der Waals surface area contributed by atoms with Crippen molar-refractivity contribution in [2.24, 2.45) is 0 Å². The average Bonchev–Trinajstić information content (AvgIpc) is 2.65. The maximum atomic E-state index is 12.8. The fourth-order valence-electron chi connectivity index (χ4n) is 3.87. The Balaban J connectivity index is 1.76. The lowest BCUT2D eigenvalue weighted by atomic mass is 10.0. The van der Waals surface area contributed by atoms with Crippen molar-refractivity contribution in [3.05, 3.63) is 35.9 Å². The maximum Gasteiger partial charge on any atom is 0.410 e. The van der Waals surface area contributed by atoms with Gasteiger partial charge in [-0.05, 0) is 33.3 Å². The summed E-state index contributed by atoms with van der Waals surface area (Å²) in [6.07, 6.45) is -0.289. The number of hydrogen-bond acceptors (Lipinski definition) is 5. The van der Waals surface area contributed by atoms with E-state index in [9.17, 15) is 9.59 Å². The third-order valence-corrected chi connectivity index (χ3v) is 5.33. The van der Waals surface area contributed by atoms with Crippen LogP contribution in [-0.4, -0.2) is 83.8 Å². The van der Waals surface area contributed by atoms with Gasteiger partial charge in [0.15, 0.2) is 0 Å². The number of piperazine rings is 1. The molecule has 2 heterocycles. The molecule has 0 spiro atoms. The molecule has 0 bridgehead atoms. The molecule has 2 aliphatic heterocycles. The van der Waals surface area contributed by atoms with Crippen LogP contribution in [0.25, 0.3) is 0 Å². The van der Waals surface area contributed by atoms with Gasteiger partial charge in [-0.2, -0.15) is 0 Å². The van der Waals surface area contributed by atoms with Gasteiger partial charge in [0, 0.05) is 44.8 Å². The Morgan fingerprint density at radius 1 is 1.21 bits per heavy atom. The number of benzene rings is 1. The fraction of sp³-hybridized carbons (Fsp3) is 0.636. The number of hydrogen-bond donors (Lipinski definition) is 0. The summed E-state index contributed by atoms with van der Waals surface area (Å²) >= 11 is 0. The van der Waals surface area contributed by atoms with E-state index in [1.54, 1.807) is 0 Å². The molecular formula is C22H33N3O4. The van der Waals surface area contributed by atoms with Crippen molar-refractivity contribution < 1.29 is 19.1 Å². The molecule has 2 aliphatic rings. The molecule has 2 saturated heterocycles. The average molecular weight is 404 g/mol. The van der Waals surface area contributed by atoms with Gasteiger partial charge in [0.1, 0.15) is 12.2 Å². The van der Waals surface area contributed by atoms with E-state index in [-0.39, 0.29) is 30.7 Å². The Hall–Kier alpha value is -2.12.